The number of benzene rings is 2. The SMILES string of the molecule is O=S(=O)(Cc1ccc(CO)cc1)c1ccccc1Cl. The smallest absolute Gasteiger partial charge is 0.183 e. The van der Waals surface area contributed by atoms with Crippen LogP contribution in [0, 0.1) is 0 Å². The van der Waals surface area contributed by atoms with Crippen molar-refractivity contribution < 1.29 is 13.5 Å². The van der Waals surface area contributed by atoms with Crippen LogP contribution in [0.25, 0.3) is 0 Å². The lowest BCUT2D eigenvalue weighted by molar-refractivity contribution is 0.282. The molecule has 0 bridgehead atoms. The van der Waals surface area contributed by atoms with Gasteiger partial charge in [0.25, 0.3) is 0 Å². The van der Waals surface area contributed by atoms with Gasteiger partial charge in [0.05, 0.1) is 22.3 Å². The Morgan fingerprint density at radius 3 is 2.11 bits per heavy atom. The maximum Gasteiger partial charge on any atom is 0.183 e. The molecule has 0 spiro atoms. The molecule has 0 heterocycles. The second kappa shape index (κ2) is 5.74. The summed E-state index contributed by atoms with van der Waals surface area (Å²) >= 11 is 5.91. The Hall–Kier alpha value is -1.36. The monoisotopic (exact) mass is 296 g/mol. The Bertz CT molecular complexity index is 663. The van der Waals surface area contributed by atoms with Crippen LogP contribution >= 0.6 is 11.6 Å². The van der Waals surface area contributed by atoms with Gasteiger partial charge < -0.3 is 5.11 Å². The predicted molar refractivity (Wildman–Crippen MR) is 74.7 cm³/mol. The van der Waals surface area contributed by atoms with Crippen molar-refractivity contribution in [1.82, 2.24) is 0 Å². The number of aliphatic hydroxyl groups excluding tert-OH is 1. The molecular weight excluding hydrogens is 284 g/mol. The first kappa shape index (κ1) is 14.1. The molecule has 0 saturated carbocycles. The number of sulfone groups is 1. The van der Waals surface area contributed by atoms with Crippen molar-refractivity contribution in [2.75, 3.05) is 0 Å². The fourth-order valence-electron chi connectivity index (χ4n) is 1.74. The molecule has 0 amide bonds. The van der Waals surface area contributed by atoms with Gasteiger partial charge in [0.15, 0.2) is 9.84 Å². The summed E-state index contributed by atoms with van der Waals surface area (Å²) < 4.78 is 24.5. The van der Waals surface area contributed by atoms with Gasteiger partial charge >= 0.3 is 0 Å². The van der Waals surface area contributed by atoms with Crippen molar-refractivity contribution in [3.05, 3.63) is 64.7 Å². The minimum Gasteiger partial charge on any atom is -0.392 e. The van der Waals surface area contributed by atoms with Crippen molar-refractivity contribution in [3.8, 4) is 0 Å². The van der Waals surface area contributed by atoms with E-state index < -0.39 is 9.84 Å². The third-order valence-corrected chi connectivity index (χ3v) is 4.92. The maximum absolute atomic E-state index is 12.2. The summed E-state index contributed by atoms with van der Waals surface area (Å²) in [6, 6.07) is 13.2. The van der Waals surface area contributed by atoms with Crippen LogP contribution in [0.1, 0.15) is 11.1 Å². The Morgan fingerprint density at radius 2 is 1.53 bits per heavy atom. The lowest BCUT2D eigenvalue weighted by Crippen LogP contribution is -2.05. The first-order valence-corrected chi connectivity index (χ1v) is 7.72. The Kier molecular flexibility index (Phi) is 4.24. The third kappa shape index (κ3) is 3.35. The van der Waals surface area contributed by atoms with Crippen molar-refractivity contribution in [2.45, 2.75) is 17.3 Å². The number of aliphatic hydroxyl groups is 1. The lowest BCUT2D eigenvalue weighted by atomic mass is 10.2. The van der Waals surface area contributed by atoms with E-state index in [1.54, 1.807) is 42.5 Å². The van der Waals surface area contributed by atoms with Crippen LogP contribution in [0.2, 0.25) is 5.02 Å². The lowest BCUT2D eigenvalue weighted by Gasteiger charge is -2.07. The molecule has 0 saturated heterocycles. The zero-order valence-electron chi connectivity index (χ0n) is 10.1. The van der Waals surface area contributed by atoms with E-state index in [-0.39, 0.29) is 22.3 Å². The van der Waals surface area contributed by atoms with E-state index in [4.69, 9.17) is 16.7 Å². The number of hydrogen-bond donors (Lipinski definition) is 1. The van der Waals surface area contributed by atoms with E-state index in [2.05, 4.69) is 0 Å². The Labute approximate surface area is 117 Å². The number of rotatable bonds is 4. The van der Waals surface area contributed by atoms with Crippen LogP contribution in [-0.2, 0) is 22.2 Å². The number of hydrogen-bond acceptors (Lipinski definition) is 3. The van der Waals surface area contributed by atoms with Gasteiger partial charge in [-0.2, -0.15) is 0 Å². The molecule has 0 unspecified atom stereocenters. The third-order valence-electron chi connectivity index (χ3n) is 2.73. The average Bonchev–Trinajstić information content (AvgIpc) is 2.39. The highest BCUT2D eigenvalue weighted by Crippen LogP contribution is 2.24. The molecule has 2 aromatic carbocycles. The summed E-state index contributed by atoms with van der Waals surface area (Å²) in [7, 11) is -3.46. The zero-order chi connectivity index (χ0) is 13.9. The van der Waals surface area contributed by atoms with E-state index in [1.165, 1.54) is 6.07 Å². The molecule has 0 radical (unpaired) electrons. The van der Waals surface area contributed by atoms with Gasteiger partial charge in [-0.25, -0.2) is 8.42 Å². The van der Waals surface area contributed by atoms with E-state index in [0.717, 1.165) is 5.56 Å². The Morgan fingerprint density at radius 1 is 0.947 bits per heavy atom. The van der Waals surface area contributed by atoms with Crippen LogP contribution in [0.15, 0.2) is 53.4 Å². The van der Waals surface area contributed by atoms with Gasteiger partial charge in [-0.3, -0.25) is 0 Å². The molecule has 3 nitrogen and oxygen atoms in total. The van der Waals surface area contributed by atoms with Gasteiger partial charge in [-0.05, 0) is 23.3 Å². The summed E-state index contributed by atoms with van der Waals surface area (Å²) in [6.45, 7) is -0.0580. The molecule has 5 heteroatoms. The van der Waals surface area contributed by atoms with Gasteiger partial charge in [-0.15, -0.1) is 0 Å². The highest BCUT2D eigenvalue weighted by Gasteiger charge is 2.18. The maximum atomic E-state index is 12.2. The van der Waals surface area contributed by atoms with Gasteiger partial charge in [0, 0.05) is 0 Å². The summed E-state index contributed by atoms with van der Waals surface area (Å²) in [4.78, 5) is 0.142. The molecule has 0 aliphatic carbocycles. The van der Waals surface area contributed by atoms with Gasteiger partial charge in [0.2, 0.25) is 0 Å². The Balaban J connectivity index is 2.28. The quantitative estimate of drug-likeness (QED) is 0.944. The summed E-state index contributed by atoms with van der Waals surface area (Å²) in [6.07, 6.45) is 0. The molecule has 19 heavy (non-hydrogen) atoms. The van der Waals surface area contributed by atoms with Crippen molar-refractivity contribution in [3.63, 3.8) is 0 Å². The minimum absolute atomic E-state index is 0.0580. The fraction of sp³-hybridized carbons (Fsp3) is 0.143. The average molecular weight is 297 g/mol. The normalized spacial score (nSPS) is 11.5. The van der Waals surface area contributed by atoms with Crippen molar-refractivity contribution in [2.24, 2.45) is 0 Å². The minimum atomic E-state index is -3.46. The molecule has 1 N–H and O–H groups in total. The van der Waals surface area contributed by atoms with E-state index in [0.29, 0.717) is 5.56 Å². The largest absolute Gasteiger partial charge is 0.392 e. The van der Waals surface area contributed by atoms with Gasteiger partial charge in [-0.1, -0.05) is 48.0 Å². The highest BCUT2D eigenvalue weighted by atomic mass is 35.5. The van der Waals surface area contributed by atoms with Crippen LogP contribution in [-0.4, -0.2) is 13.5 Å². The first-order valence-electron chi connectivity index (χ1n) is 5.69. The van der Waals surface area contributed by atoms with Crippen LogP contribution in [0.5, 0.6) is 0 Å². The molecule has 0 aromatic heterocycles. The van der Waals surface area contributed by atoms with E-state index in [9.17, 15) is 8.42 Å². The second-order valence-electron chi connectivity index (χ2n) is 4.16. The molecule has 0 fully saturated rings. The first-order chi connectivity index (χ1) is 9.03. The van der Waals surface area contributed by atoms with Crippen LogP contribution in [0.4, 0.5) is 0 Å². The molecule has 100 valence electrons. The van der Waals surface area contributed by atoms with Gasteiger partial charge in [0.1, 0.15) is 0 Å². The highest BCUT2D eigenvalue weighted by molar-refractivity contribution is 7.90. The van der Waals surface area contributed by atoms with Crippen LogP contribution < -0.4 is 0 Å². The molecule has 0 aliphatic heterocycles. The predicted octanol–water partition coefficient (Wildman–Crippen LogP) is 2.81. The molecule has 0 aliphatic rings. The molecular formula is C14H13ClO3S. The molecule has 2 aromatic rings. The van der Waals surface area contributed by atoms with Crippen LogP contribution in [0.3, 0.4) is 0 Å². The summed E-state index contributed by atoms with van der Waals surface area (Å²) in [5.41, 5.74) is 1.41. The second-order valence-corrected chi connectivity index (χ2v) is 6.53. The summed E-state index contributed by atoms with van der Waals surface area (Å²) in [5.74, 6) is -0.109. The topological polar surface area (TPSA) is 54.4 Å². The fourth-order valence-corrected chi connectivity index (χ4v) is 3.66. The molecule has 0 atom stereocenters. The zero-order valence-corrected chi connectivity index (χ0v) is 11.7. The van der Waals surface area contributed by atoms with Crippen molar-refractivity contribution >= 4 is 21.4 Å². The summed E-state index contributed by atoms with van der Waals surface area (Å²) in [5, 5.41) is 9.17. The van der Waals surface area contributed by atoms with E-state index >= 15 is 0 Å². The molecule has 2 rings (SSSR count). The van der Waals surface area contributed by atoms with E-state index in [1.807, 2.05) is 0 Å². The van der Waals surface area contributed by atoms with Crippen molar-refractivity contribution in [1.29, 1.82) is 0 Å². The number of halogens is 1. The standard InChI is InChI=1S/C14H13ClO3S/c15-13-3-1-2-4-14(13)19(17,18)10-12-7-5-11(9-16)6-8-12/h1-8,16H,9-10H2.